The Labute approximate surface area is 97.5 Å². The third-order valence-corrected chi connectivity index (χ3v) is 3.14. The van der Waals surface area contributed by atoms with Gasteiger partial charge in [0.2, 0.25) is 5.91 Å². The average molecular weight is 239 g/mol. The summed E-state index contributed by atoms with van der Waals surface area (Å²) < 4.78 is 1.44. The maximum atomic E-state index is 11.7. The number of nitrogens with zero attached hydrogens (tertiary/aromatic N) is 3. The quantitative estimate of drug-likeness (QED) is 0.772. The first-order valence-electron chi connectivity index (χ1n) is 4.82. The first kappa shape index (κ1) is 12.5. The Morgan fingerprint density at radius 3 is 2.88 bits per heavy atom. The molecule has 1 aromatic heterocycles. The molecule has 5 nitrogen and oxygen atoms in total. The lowest BCUT2D eigenvalue weighted by molar-refractivity contribution is -0.130. The van der Waals surface area contributed by atoms with Crippen LogP contribution in [0.1, 0.15) is 12.1 Å². The van der Waals surface area contributed by atoms with E-state index in [0.29, 0.717) is 13.0 Å². The van der Waals surface area contributed by atoms with Crippen LogP contribution in [-0.4, -0.2) is 29.0 Å². The number of likely N-dealkylation sites (N-methyl/N-ethyl adjacent to an activating group) is 1. The van der Waals surface area contributed by atoms with E-state index in [0.717, 1.165) is 17.0 Å². The van der Waals surface area contributed by atoms with Gasteiger partial charge in [-0.2, -0.15) is 5.26 Å². The molecular formula is C10H13N3O2S. The van der Waals surface area contributed by atoms with E-state index in [1.807, 2.05) is 6.07 Å². The van der Waals surface area contributed by atoms with Crippen molar-refractivity contribution in [2.45, 2.75) is 19.9 Å². The van der Waals surface area contributed by atoms with E-state index in [-0.39, 0.29) is 17.3 Å². The van der Waals surface area contributed by atoms with E-state index in [1.165, 1.54) is 9.47 Å². The van der Waals surface area contributed by atoms with Crippen molar-refractivity contribution >= 4 is 17.2 Å². The minimum absolute atomic E-state index is 0.0517. The maximum Gasteiger partial charge on any atom is 0.307 e. The van der Waals surface area contributed by atoms with Crippen LogP contribution in [0.4, 0.5) is 0 Å². The smallest absolute Gasteiger partial charge is 0.307 e. The largest absolute Gasteiger partial charge is 0.343 e. The van der Waals surface area contributed by atoms with Crippen LogP contribution in [0.5, 0.6) is 0 Å². The summed E-state index contributed by atoms with van der Waals surface area (Å²) in [7, 11) is 1.63. The second kappa shape index (κ2) is 5.47. The molecule has 0 aliphatic heterocycles. The number of hydrogen-bond donors (Lipinski definition) is 0. The van der Waals surface area contributed by atoms with Gasteiger partial charge in [-0.15, -0.1) is 0 Å². The topological polar surface area (TPSA) is 66.1 Å². The van der Waals surface area contributed by atoms with E-state index >= 15 is 0 Å². The fourth-order valence-electron chi connectivity index (χ4n) is 1.19. The minimum Gasteiger partial charge on any atom is -0.343 e. The normalized spacial score (nSPS) is 9.81. The highest BCUT2D eigenvalue weighted by Gasteiger charge is 2.12. The Bertz CT molecular complexity index is 469. The zero-order valence-corrected chi connectivity index (χ0v) is 10.1. The number of hydrogen-bond acceptors (Lipinski definition) is 4. The predicted octanol–water partition coefficient (Wildman–Crippen LogP) is 0.590. The summed E-state index contributed by atoms with van der Waals surface area (Å²) in [5.41, 5.74) is 0.789. The van der Waals surface area contributed by atoms with Crippen LogP contribution in [0.3, 0.4) is 0 Å². The van der Waals surface area contributed by atoms with Gasteiger partial charge in [0, 0.05) is 24.7 Å². The highest BCUT2D eigenvalue weighted by Crippen LogP contribution is 2.00. The maximum absolute atomic E-state index is 11.7. The van der Waals surface area contributed by atoms with Gasteiger partial charge < -0.3 is 4.90 Å². The summed E-state index contributed by atoms with van der Waals surface area (Å²) in [6, 6.07) is 1.97. The Morgan fingerprint density at radius 2 is 2.38 bits per heavy atom. The number of carbonyl (C=O) groups excluding carboxylic acids is 1. The van der Waals surface area contributed by atoms with Gasteiger partial charge in [-0.25, -0.2) is 0 Å². The zero-order valence-electron chi connectivity index (χ0n) is 9.27. The monoisotopic (exact) mass is 239 g/mol. The third kappa shape index (κ3) is 2.94. The van der Waals surface area contributed by atoms with Crippen molar-refractivity contribution in [2.24, 2.45) is 0 Å². The van der Waals surface area contributed by atoms with E-state index in [1.54, 1.807) is 19.4 Å². The molecule has 0 unspecified atom stereocenters. The summed E-state index contributed by atoms with van der Waals surface area (Å²) in [6.45, 7) is 2.24. The molecule has 1 aromatic rings. The first-order valence-corrected chi connectivity index (χ1v) is 5.70. The molecule has 16 heavy (non-hydrogen) atoms. The molecule has 0 saturated heterocycles. The van der Waals surface area contributed by atoms with Gasteiger partial charge in [-0.05, 0) is 6.92 Å². The highest BCUT2D eigenvalue weighted by atomic mass is 32.1. The lowest BCUT2D eigenvalue weighted by atomic mass is 10.4. The molecule has 1 rings (SSSR count). The number of aryl methyl sites for hydroxylation is 1. The van der Waals surface area contributed by atoms with E-state index < -0.39 is 0 Å². The van der Waals surface area contributed by atoms with E-state index in [4.69, 9.17) is 5.26 Å². The van der Waals surface area contributed by atoms with Crippen LogP contribution in [0.25, 0.3) is 0 Å². The summed E-state index contributed by atoms with van der Waals surface area (Å²) in [6.07, 6.45) is 0.305. The number of carbonyl (C=O) groups is 1. The molecule has 0 aromatic carbocycles. The number of rotatable bonds is 4. The second-order valence-corrected chi connectivity index (χ2v) is 4.27. The van der Waals surface area contributed by atoms with Crippen LogP contribution < -0.4 is 4.87 Å². The highest BCUT2D eigenvalue weighted by molar-refractivity contribution is 7.07. The number of thiazole rings is 1. The Kier molecular flexibility index (Phi) is 4.26. The third-order valence-electron chi connectivity index (χ3n) is 2.25. The van der Waals surface area contributed by atoms with Crippen LogP contribution in [0, 0.1) is 18.3 Å². The second-order valence-electron chi connectivity index (χ2n) is 3.45. The van der Waals surface area contributed by atoms with Crippen molar-refractivity contribution < 1.29 is 4.79 Å². The first-order chi connectivity index (χ1) is 7.56. The lowest BCUT2D eigenvalue weighted by Crippen LogP contribution is -2.33. The average Bonchev–Trinajstić information content (AvgIpc) is 2.57. The van der Waals surface area contributed by atoms with Crippen molar-refractivity contribution in [3.05, 3.63) is 20.7 Å². The molecule has 1 amide bonds. The fraction of sp³-hybridized carbons (Fsp3) is 0.500. The number of nitriles is 1. The zero-order chi connectivity index (χ0) is 12.1. The Hall–Kier alpha value is -1.61. The van der Waals surface area contributed by atoms with Crippen LogP contribution in [0.15, 0.2) is 10.2 Å². The Balaban J connectivity index is 2.65. The van der Waals surface area contributed by atoms with Gasteiger partial charge in [0.15, 0.2) is 0 Å². The van der Waals surface area contributed by atoms with E-state index in [2.05, 4.69) is 0 Å². The standard InChI is InChI=1S/C10H13N3O2S/c1-8-7-16-10(15)13(8)6-9(14)12(2)5-3-4-11/h7H,3,5-6H2,1-2H3. The molecule has 0 saturated carbocycles. The van der Waals surface area contributed by atoms with Gasteiger partial charge in [0.25, 0.3) is 0 Å². The van der Waals surface area contributed by atoms with Gasteiger partial charge in [-0.1, -0.05) is 11.3 Å². The molecule has 0 bridgehead atoms. The molecular weight excluding hydrogens is 226 g/mol. The van der Waals surface area contributed by atoms with Gasteiger partial charge in [-0.3, -0.25) is 14.2 Å². The van der Waals surface area contributed by atoms with Crippen LogP contribution in [0.2, 0.25) is 0 Å². The SMILES string of the molecule is Cc1csc(=O)n1CC(=O)N(C)CCC#N. The van der Waals surface area contributed by atoms with Crippen molar-refractivity contribution in [3.8, 4) is 6.07 Å². The molecule has 6 heteroatoms. The minimum atomic E-state index is -0.154. The summed E-state index contributed by atoms with van der Waals surface area (Å²) in [5.74, 6) is -0.154. The Morgan fingerprint density at radius 1 is 1.69 bits per heavy atom. The van der Waals surface area contributed by atoms with Crippen molar-refractivity contribution in [1.82, 2.24) is 9.47 Å². The molecule has 86 valence electrons. The number of aromatic nitrogens is 1. The lowest BCUT2D eigenvalue weighted by Gasteiger charge is -2.15. The molecule has 0 radical (unpaired) electrons. The summed E-state index contributed by atoms with van der Waals surface area (Å²) >= 11 is 1.09. The van der Waals surface area contributed by atoms with Crippen LogP contribution >= 0.6 is 11.3 Å². The molecule has 0 aliphatic rings. The van der Waals surface area contributed by atoms with Crippen LogP contribution in [-0.2, 0) is 11.3 Å². The molecule has 0 aliphatic carbocycles. The van der Waals surface area contributed by atoms with Gasteiger partial charge in [0.1, 0.15) is 6.54 Å². The van der Waals surface area contributed by atoms with Crippen molar-refractivity contribution in [2.75, 3.05) is 13.6 Å². The van der Waals surface area contributed by atoms with Crippen molar-refractivity contribution in [3.63, 3.8) is 0 Å². The van der Waals surface area contributed by atoms with Crippen molar-refractivity contribution in [1.29, 1.82) is 5.26 Å². The molecule has 0 atom stereocenters. The molecule has 1 heterocycles. The fourth-order valence-corrected chi connectivity index (χ4v) is 1.93. The van der Waals surface area contributed by atoms with Gasteiger partial charge in [0.05, 0.1) is 12.5 Å². The molecule has 0 fully saturated rings. The summed E-state index contributed by atoms with van der Waals surface area (Å²) in [5, 5.41) is 10.1. The molecule has 0 N–H and O–H groups in total. The number of amides is 1. The predicted molar refractivity (Wildman–Crippen MR) is 61.2 cm³/mol. The summed E-state index contributed by atoms with van der Waals surface area (Å²) in [4.78, 5) is 24.4. The van der Waals surface area contributed by atoms with E-state index in [9.17, 15) is 9.59 Å². The van der Waals surface area contributed by atoms with Gasteiger partial charge >= 0.3 is 4.87 Å². The molecule has 0 spiro atoms.